The Bertz CT molecular complexity index is 893. The van der Waals surface area contributed by atoms with E-state index in [2.05, 4.69) is 15.3 Å². The number of methoxy groups -OCH3 is 1. The molecular formula is C22H29F3N4O2. The molecule has 2 heterocycles. The third-order valence-electron chi connectivity index (χ3n) is 5.79. The second-order valence-electron chi connectivity index (χ2n) is 8.25. The highest BCUT2D eigenvalue weighted by Gasteiger charge is 2.41. The Morgan fingerprint density at radius 3 is 2.55 bits per heavy atom. The van der Waals surface area contributed by atoms with Crippen molar-refractivity contribution in [2.24, 2.45) is 5.92 Å². The standard InChI is InChI=1S/C22H29F3N4O2/c1-14(2)29-20(22(23,24)25)18(13-27-29)21(30)26-12-16-6-5-11-28(3)19(16)15-7-9-17(31-4)10-8-15/h7-10,13-14,16,19H,5-6,11-12H2,1-4H3,(H,26,30). The van der Waals surface area contributed by atoms with E-state index in [0.717, 1.165) is 41.6 Å². The van der Waals surface area contributed by atoms with Crippen LogP contribution in [0.25, 0.3) is 0 Å². The zero-order valence-corrected chi connectivity index (χ0v) is 18.2. The molecule has 31 heavy (non-hydrogen) atoms. The van der Waals surface area contributed by atoms with Gasteiger partial charge in [0.15, 0.2) is 5.69 Å². The molecule has 0 aliphatic carbocycles. The molecule has 1 N–H and O–H groups in total. The van der Waals surface area contributed by atoms with Crippen molar-refractivity contribution < 1.29 is 22.7 Å². The minimum absolute atomic E-state index is 0.0560. The topological polar surface area (TPSA) is 59.4 Å². The summed E-state index contributed by atoms with van der Waals surface area (Å²) in [4.78, 5) is 14.9. The fraction of sp³-hybridized carbons (Fsp3) is 0.545. The number of ether oxygens (including phenoxy) is 1. The van der Waals surface area contributed by atoms with E-state index < -0.39 is 29.4 Å². The Balaban J connectivity index is 1.78. The van der Waals surface area contributed by atoms with Crippen molar-refractivity contribution in [2.45, 2.75) is 44.9 Å². The number of alkyl halides is 3. The van der Waals surface area contributed by atoms with Crippen molar-refractivity contribution >= 4 is 5.91 Å². The number of carbonyl (C=O) groups excluding carboxylic acids is 1. The van der Waals surface area contributed by atoms with Gasteiger partial charge in [-0.15, -0.1) is 0 Å². The van der Waals surface area contributed by atoms with Crippen LogP contribution in [-0.2, 0) is 6.18 Å². The van der Waals surface area contributed by atoms with Gasteiger partial charge in [-0.05, 0) is 63.9 Å². The van der Waals surface area contributed by atoms with E-state index in [1.54, 1.807) is 21.0 Å². The molecule has 2 atom stereocenters. The molecule has 2 unspecified atom stereocenters. The lowest BCUT2D eigenvalue weighted by Gasteiger charge is -2.39. The molecule has 1 amide bonds. The average molecular weight is 438 g/mol. The second-order valence-corrected chi connectivity index (χ2v) is 8.25. The summed E-state index contributed by atoms with van der Waals surface area (Å²) in [5.74, 6) is 0.0837. The summed E-state index contributed by atoms with van der Waals surface area (Å²) in [6.45, 7) is 4.40. The Labute approximate surface area is 180 Å². The van der Waals surface area contributed by atoms with Crippen LogP contribution in [0.5, 0.6) is 5.75 Å². The number of aromatic nitrogens is 2. The van der Waals surface area contributed by atoms with Crippen molar-refractivity contribution in [2.75, 3.05) is 27.2 Å². The van der Waals surface area contributed by atoms with Gasteiger partial charge in [-0.2, -0.15) is 18.3 Å². The van der Waals surface area contributed by atoms with Gasteiger partial charge in [-0.25, -0.2) is 0 Å². The summed E-state index contributed by atoms with van der Waals surface area (Å²) in [5, 5.41) is 6.54. The van der Waals surface area contributed by atoms with Crippen LogP contribution in [0.4, 0.5) is 13.2 Å². The molecule has 2 aromatic rings. The fourth-order valence-corrected chi connectivity index (χ4v) is 4.32. The second kappa shape index (κ2) is 9.30. The highest BCUT2D eigenvalue weighted by molar-refractivity contribution is 5.95. The smallest absolute Gasteiger partial charge is 0.433 e. The zero-order valence-electron chi connectivity index (χ0n) is 18.2. The molecule has 3 rings (SSSR count). The van der Waals surface area contributed by atoms with Crippen LogP contribution in [-0.4, -0.2) is 47.8 Å². The lowest BCUT2D eigenvalue weighted by molar-refractivity contribution is -0.145. The van der Waals surface area contributed by atoms with E-state index in [0.29, 0.717) is 0 Å². The monoisotopic (exact) mass is 438 g/mol. The van der Waals surface area contributed by atoms with Crippen molar-refractivity contribution in [3.63, 3.8) is 0 Å². The van der Waals surface area contributed by atoms with Crippen LogP contribution in [0.3, 0.4) is 0 Å². The summed E-state index contributed by atoms with van der Waals surface area (Å²) in [5.41, 5.74) is -0.357. The number of nitrogens with zero attached hydrogens (tertiary/aromatic N) is 3. The quantitative estimate of drug-likeness (QED) is 0.731. The molecule has 0 spiro atoms. The minimum atomic E-state index is -4.66. The first-order valence-corrected chi connectivity index (χ1v) is 10.4. The predicted octanol–water partition coefficient (Wildman–Crippen LogP) is 4.30. The van der Waals surface area contributed by atoms with Gasteiger partial charge in [0.25, 0.3) is 5.91 Å². The summed E-state index contributed by atoms with van der Waals surface area (Å²) < 4.78 is 46.9. The van der Waals surface area contributed by atoms with Gasteiger partial charge in [-0.3, -0.25) is 14.4 Å². The number of likely N-dealkylation sites (tertiary alicyclic amines) is 1. The number of hydrogen-bond donors (Lipinski definition) is 1. The largest absolute Gasteiger partial charge is 0.497 e. The number of hydrogen-bond acceptors (Lipinski definition) is 4. The fourth-order valence-electron chi connectivity index (χ4n) is 4.32. The molecule has 1 aliphatic rings. The third kappa shape index (κ3) is 5.03. The molecule has 1 saturated heterocycles. The lowest BCUT2D eigenvalue weighted by atomic mass is 9.85. The maximum Gasteiger partial charge on any atom is 0.433 e. The molecule has 170 valence electrons. The van der Waals surface area contributed by atoms with Gasteiger partial charge in [0.2, 0.25) is 0 Å². The molecule has 6 nitrogen and oxygen atoms in total. The highest BCUT2D eigenvalue weighted by Crippen LogP contribution is 2.36. The van der Waals surface area contributed by atoms with Gasteiger partial charge >= 0.3 is 6.18 Å². The van der Waals surface area contributed by atoms with Crippen molar-refractivity contribution in [3.05, 3.63) is 47.3 Å². The molecular weight excluding hydrogens is 409 g/mol. The van der Waals surface area contributed by atoms with Crippen LogP contribution < -0.4 is 10.1 Å². The van der Waals surface area contributed by atoms with Gasteiger partial charge in [-0.1, -0.05) is 12.1 Å². The van der Waals surface area contributed by atoms with E-state index in [9.17, 15) is 18.0 Å². The number of halogens is 3. The molecule has 1 aliphatic heterocycles. The van der Waals surface area contributed by atoms with E-state index in [4.69, 9.17) is 4.74 Å². The number of benzene rings is 1. The first kappa shape index (κ1) is 23.1. The number of amides is 1. The van der Waals surface area contributed by atoms with Crippen LogP contribution in [0.2, 0.25) is 0 Å². The zero-order chi connectivity index (χ0) is 22.8. The molecule has 1 aromatic carbocycles. The first-order valence-electron chi connectivity index (χ1n) is 10.4. The molecule has 1 aromatic heterocycles. The van der Waals surface area contributed by atoms with Gasteiger partial charge in [0.1, 0.15) is 5.75 Å². The number of nitrogens with one attached hydrogen (secondary N) is 1. The third-order valence-corrected chi connectivity index (χ3v) is 5.79. The number of rotatable bonds is 6. The van der Waals surface area contributed by atoms with Gasteiger partial charge in [0, 0.05) is 18.6 Å². The minimum Gasteiger partial charge on any atom is -0.497 e. The Kier molecular flexibility index (Phi) is 6.93. The molecule has 0 saturated carbocycles. The van der Waals surface area contributed by atoms with Gasteiger partial charge < -0.3 is 10.1 Å². The summed E-state index contributed by atoms with van der Waals surface area (Å²) in [7, 11) is 3.63. The van der Waals surface area contributed by atoms with E-state index in [-0.39, 0.29) is 18.5 Å². The van der Waals surface area contributed by atoms with Crippen LogP contribution >= 0.6 is 0 Å². The molecule has 9 heteroatoms. The van der Waals surface area contributed by atoms with Crippen molar-refractivity contribution in [1.82, 2.24) is 20.0 Å². The Morgan fingerprint density at radius 2 is 1.97 bits per heavy atom. The SMILES string of the molecule is COc1ccc(C2C(CNC(=O)c3cnn(C(C)C)c3C(F)(F)F)CCCN2C)cc1. The number of piperidine rings is 1. The van der Waals surface area contributed by atoms with Crippen LogP contribution in [0.1, 0.15) is 60.4 Å². The Hall–Kier alpha value is -2.55. The highest BCUT2D eigenvalue weighted by atomic mass is 19.4. The van der Waals surface area contributed by atoms with Crippen LogP contribution in [0.15, 0.2) is 30.5 Å². The van der Waals surface area contributed by atoms with Crippen molar-refractivity contribution in [1.29, 1.82) is 0 Å². The molecule has 1 fully saturated rings. The summed E-state index contributed by atoms with van der Waals surface area (Å²) in [6.07, 6.45) is -1.82. The Morgan fingerprint density at radius 1 is 1.29 bits per heavy atom. The molecule has 0 bridgehead atoms. The van der Waals surface area contributed by atoms with Crippen LogP contribution in [0, 0.1) is 5.92 Å². The maximum absolute atomic E-state index is 13.6. The lowest BCUT2D eigenvalue weighted by Crippen LogP contribution is -2.42. The van der Waals surface area contributed by atoms with E-state index in [1.807, 2.05) is 31.3 Å². The number of carbonyl (C=O) groups is 1. The normalized spacial score (nSPS) is 20.1. The molecule has 0 radical (unpaired) electrons. The van der Waals surface area contributed by atoms with E-state index in [1.165, 1.54) is 0 Å². The van der Waals surface area contributed by atoms with Crippen molar-refractivity contribution in [3.8, 4) is 5.75 Å². The first-order chi connectivity index (χ1) is 14.6. The summed E-state index contributed by atoms with van der Waals surface area (Å²) in [6, 6.07) is 7.32. The predicted molar refractivity (Wildman–Crippen MR) is 111 cm³/mol. The van der Waals surface area contributed by atoms with Gasteiger partial charge in [0.05, 0.1) is 18.9 Å². The average Bonchev–Trinajstić information content (AvgIpc) is 3.18. The van der Waals surface area contributed by atoms with E-state index >= 15 is 0 Å². The maximum atomic E-state index is 13.6. The summed E-state index contributed by atoms with van der Waals surface area (Å²) >= 11 is 0.